The third-order valence-electron chi connectivity index (χ3n) is 4.83. The van der Waals surface area contributed by atoms with Crippen molar-refractivity contribution >= 4 is 17.7 Å². The maximum Gasteiger partial charge on any atom is 0.191 e. The predicted molar refractivity (Wildman–Crippen MR) is 96.7 cm³/mol. The number of hydrogen-bond acceptors (Lipinski definition) is 2. The van der Waals surface area contributed by atoms with E-state index in [0.717, 1.165) is 36.2 Å². The van der Waals surface area contributed by atoms with Gasteiger partial charge in [0.1, 0.15) is 11.6 Å². The van der Waals surface area contributed by atoms with Gasteiger partial charge < -0.3 is 10.6 Å². The van der Waals surface area contributed by atoms with Crippen LogP contribution in [-0.4, -0.2) is 36.1 Å². The Morgan fingerprint density at radius 3 is 2.62 bits per heavy atom. The van der Waals surface area contributed by atoms with Gasteiger partial charge in [0.05, 0.1) is 0 Å². The topological polar surface area (TPSA) is 36.4 Å². The zero-order chi connectivity index (χ0) is 17.1. The number of benzene rings is 1. The minimum atomic E-state index is -0.456. The number of aliphatic imine (C=N–C) groups is 1. The summed E-state index contributed by atoms with van der Waals surface area (Å²) in [4.78, 5) is 4.28. The van der Waals surface area contributed by atoms with Crippen molar-refractivity contribution in [2.24, 2.45) is 4.99 Å². The lowest BCUT2D eigenvalue weighted by Gasteiger charge is -2.17. The van der Waals surface area contributed by atoms with Gasteiger partial charge in [-0.15, -0.1) is 0 Å². The molecule has 4 unspecified atom stereocenters. The third-order valence-corrected chi connectivity index (χ3v) is 6.07. The summed E-state index contributed by atoms with van der Waals surface area (Å²) in [5.41, 5.74) is 0.200. The van der Waals surface area contributed by atoms with Crippen LogP contribution in [0.15, 0.2) is 23.2 Å². The zero-order valence-electron chi connectivity index (χ0n) is 14.2. The maximum atomic E-state index is 13.9. The van der Waals surface area contributed by atoms with Gasteiger partial charge >= 0.3 is 0 Å². The Bertz CT molecular complexity index is 588. The predicted octanol–water partition coefficient (Wildman–Crippen LogP) is 3.66. The Morgan fingerprint density at radius 1 is 1.21 bits per heavy atom. The molecule has 2 N–H and O–H groups in total. The Hall–Kier alpha value is -1.30. The SMILES string of the molecule is CCSC1CCC(NC(=NC)NC2CC2c2c(F)cccc2F)C1. The standard InChI is InChI=1S/C18H25F2N3S/c1-3-24-12-8-7-11(9-12)22-18(21-2)23-16-10-13(16)17-14(19)5-4-6-15(17)20/h4-6,11-13,16H,3,7-10H2,1-2H3,(H2,21,22,23). The van der Waals surface area contributed by atoms with E-state index in [9.17, 15) is 8.78 Å². The molecule has 1 aromatic rings. The number of rotatable bonds is 5. The number of thioether (sulfide) groups is 1. The summed E-state index contributed by atoms with van der Waals surface area (Å²) < 4.78 is 27.7. The summed E-state index contributed by atoms with van der Waals surface area (Å²) in [5.74, 6) is 0.871. The minimum Gasteiger partial charge on any atom is -0.354 e. The molecule has 2 fully saturated rings. The quantitative estimate of drug-likeness (QED) is 0.626. The molecule has 2 aliphatic rings. The molecule has 3 rings (SSSR count). The van der Waals surface area contributed by atoms with E-state index >= 15 is 0 Å². The summed E-state index contributed by atoms with van der Waals surface area (Å²) in [6.45, 7) is 2.20. The van der Waals surface area contributed by atoms with E-state index in [0.29, 0.717) is 6.04 Å². The van der Waals surface area contributed by atoms with Gasteiger partial charge in [-0.3, -0.25) is 4.99 Å². The highest BCUT2D eigenvalue weighted by Gasteiger charge is 2.42. The molecule has 0 aliphatic heterocycles. The average molecular weight is 353 g/mol. The fraction of sp³-hybridized carbons (Fsp3) is 0.611. The third kappa shape index (κ3) is 4.02. The van der Waals surface area contributed by atoms with Gasteiger partial charge in [0, 0.05) is 35.9 Å². The lowest BCUT2D eigenvalue weighted by atomic mass is 10.1. The molecule has 0 spiro atoms. The first-order valence-corrected chi connectivity index (χ1v) is 9.72. The van der Waals surface area contributed by atoms with E-state index in [1.165, 1.54) is 24.6 Å². The first kappa shape index (κ1) is 17.5. The van der Waals surface area contributed by atoms with Gasteiger partial charge in [-0.1, -0.05) is 13.0 Å². The van der Waals surface area contributed by atoms with Crippen LogP contribution in [0.5, 0.6) is 0 Å². The van der Waals surface area contributed by atoms with Gasteiger partial charge in [-0.05, 0) is 43.6 Å². The van der Waals surface area contributed by atoms with E-state index in [-0.39, 0.29) is 17.5 Å². The summed E-state index contributed by atoms with van der Waals surface area (Å²) in [6, 6.07) is 4.53. The molecule has 0 saturated heterocycles. The largest absolute Gasteiger partial charge is 0.354 e. The summed E-state index contributed by atoms with van der Waals surface area (Å²) in [5, 5.41) is 7.51. The smallest absolute Gasteiger partial charge is 0.191 e. The zero-order valence-corrected chi connectivity index (χ0v) is 15.0. The fourth-order valence-corrected chi connectivity index (χ4v) is 4.68. The van der Waals surface area contributed by atoms with Crippen molar-refractivity contribution in [2.75, 3.05) is 12.8 Å². The first-order valence-electron chi connectivity index (χ1n) is 8.67. The molecule has 4 atom stereocenters. The summed E-state index contributed by atoms with van der Waals surface area (Å²) >= 11 is 2.02. The fourth-order valence-electron chi connectivity index (χ4n) is 3.54. The van der Waals surface area contributed by atoms with Crippen LogP contribution >= 0.6 is 11.8 Å². The number of nitrogens with one attached hydrogen (secondary N) is 2. The van der Waals surface area contributed by atoms with Crippen molar-refractivity contribution in [1.82, 2.24) is 10.6 Å². The lowest BCUT2D eigenvalue weighted by molar-refractivity contribution is 0.552. The van der Waals surface area contributed by atoms with E-state index in [1.807, 2.05) is 11.8 Å². The van der Waals surface area contributed by atoms with Crippen LogP contribution in [0.2, 0.25) is 0 Å². The molecule has 3 nitrogen and oxygen atoms in total. The highest BCUT2D eigenvalue weighted by atomic mass is 32.2. The van der Waals surface area contributed by atoms with Crippen molar-refractivity contribution in [3.05, 3.63) is 35.4 Å². The molecule has 0 amide bonds. The Balaban J connectivity index is 1.53. The van der Waals surface area contributed by atoms with E-state index in [4.69, 9.17) is 0 Å². The molecule has 0 aromatic heterocycles. The average Bonchev–Trinajstić information content (AvgIpc) is 3.15. The molecular formula is C18H25F2N3S. The second-order valence-corrected chi connectivity index (χ2v) is 8.11. The van der Waals surface area contributed by atoms with Gasteiger partial charge in [-0.2, -0.15) is 11.8 Å². The van der Waals surface area contributed by atoms with E-state index in [1.54, 1.807) is 7.05 Å². The second kappa shape index (κ2) is 7.72. The molecular weight excluding hydrogens is 328 g/mol. The van der Waals surface area contributed by atoms with E-state index < -0.39 is 11.6 Å². The van der Waals surface area contributed by atoms with Crippen LogP contribution in [0.4, 0.5) is 8.78 Å². The highest BCUT2D eigenvalue weighted by molar-refractivity contribution is 7.99. The molecule has 0 radical (unpaired) electrons. The molecule has 0 bridgehead atoms. The summed E-state index contributed by atoms with van der Waals surface area (Å²) in [7, 11) is 1.74. The number of halogens is 2. The van der Waals surface area contributed by atoms with Crippen LogP contribution < -0.4 is 10.6 Å². The maximum absolute atomic E-state index is 13.9. The minimum absolute atomic E-state index is 0.0461. The van der Waals surface area contributed by atoms with Gasteiger partial charge in [0.2, 0.25) is 0 Å². The number of hydrogen-bond donors (Lipinski definition) is 2. The normalized spacial score (nSPS) is 29.6. The molecule has 2 aliphatic carbocycles. The molecule has 0 heterocycles. The molecule has 2 saturated carbocycles. The van der Waals surface area contributed by atoms with Crippen molar-refractivity contribution in [3.63, 3.8) is 0 Å². The molecule has 1 aromatic carbocycles. The van der Waals surface area contributed by atoms with Crippen molar-refractivity contribution in [2.45, 2.75) is 55.9 Å². The van der Waals surface area contributed by atoms with Gasteiger partial charge in [0.15, 0.2) is 5.96 Å². The molecule has 6 heteroatoms. The highest BCUT2D eigenvalue weighted by Crippen LogP contribution is 2.43. The Labute approximate surface area is 146 Å². The number of guanidine groups is 1. The van der Waals surface area contributed by atoms with Gasteiger partial charge in [0.25, 0.3) is 0 Å². The van der Waals surface area contributed by atoms with Gasteiger partial charge in [-0.25, -0.2) is 8.78 Å². The van der Waals surface area contributed by atoms with Crippen LogP contribution in [0, 0.1) is 11.6 Å². The Morgan fingerprint density at radius 2 is 1.96 bits per heavy atom. The monoisotopic (exact) mass is 353 g/mol. The van der Waals surface area contributed by atoms with Crippen molar-refractivity contribution in [1.29, 1.82) is 0 Å². The van der Waals surface area contributed by atoms with Crippen LogP contribution in [0.25, 0.3) is 0 Å². The lowest BCUT2D eigenvalue weighted by Crippen LogP contribution is -2.43. The molecule has 24 heavy (non-hydrogen) atoms. The number of nitrogens with zero attached hydrogens (tertiary/aromatic N) is 1. The van der Waals surface area contributed by atoms with E-state index in [2.05, 4.69) is 22.5 Å². The first-order chi connectivity index (χ1) is 11.6. The Kier molecular flexibility index (Phi) is 5.64. The van der Waals surface area contributed by atoms with Crippen LogP contribution in [0.3, 0.4) is 0 Å². The van der Waals surface area contributed by atoms with Crippen molar-refractivity contribution in [3.8, 4) is 0 Å². The van der Waals surface area contributed by atoms with Crippen molar-refractivity contribution < 1.29 is 8.78 Å². The van der Waals surface area contributed by atoms with Crippen LogP contribution in [0.1, 0.15) is 44.1 Å². The van der Waals surface area contributed by atoms with Crippen LogP contribution in [-0.2, 0) is 0 Å². The second-order valence-electron chi connectivity index (χ2n) is 6.53. The molecule has 132 valence electrons. The summed E-state index contributed by atoms with van der Waals surface area (Å²) in [6.07, 6.45) is 4.26.